The molecule has 0 amide bonds. The first-order valence-corrected chi connectivity index (χ1v) is 6.88. The maximum absolute atomic E-state index is 4.60. The molecule has 1 aromatic rings. The van der Waals surface area contributed by atoms with Crippen molar-refractivity contribution in [3.63, 3.8) is 0 Å². The van der Waals surface area contributed by atoms with Crippen LogP contribution in [0, 0.1) is 12.8 Å². The summed E-state index contributed by atoms with van der Waals surface area (Å²) < 4.78 is 2.13. The lowest BCUT2D eigenvalue weighted by Gasteiger charge is -2.14. The van der Waals surface area contributed by atoms with Crippen molar-refractivity contribution in [3.05, 3.63) is 17.5 Å². The summed E-state index contributed by atoms with van der Waals surface area (Å²) in [5, 5.41) is 7.79. The highest BCUT2D eigenvalue weighted by molar-refractivity contribution is 5.14. The molecule has 0 aliphatic rings. The summed E-state index contributed by atoms with van der Waals surface area (Å²) in [6.07, 6.45) is 7.40. The molecule has 17 heavy (non-hydrogen) atoms. The molecular weight excluding hydrogens is 210 g/mol. The first-order valence-electron chi connectivity index (χ1n) is 6.88. The average molecular weight is 237 g/mol. The van der Waals surface area contributed by atoms with Crippen molar-refractivity contribution in [2.24, 2.45) is 5.92 Å². The summed E-state index contributed by atoms with van der Waals surface area (Å²) in [5.74, 6) is 0.775. The van der Waals surface area contributed by atoms with E-state index < -0.39 is 0 Å². The fourth-order valence-electron chi connectivity index (χ4n) is 2.20. The van der Waals surface area contributed by atoms with E-state index in [-0.39, 0.29) is 0 Å². The molecule has 3 nitrogen and oxygen atoms in total. The van der Waals surface area contributed by atoms with Crippen LogP contribution in [0.4, 0.5) is 0 Å². The lowest BCUT2D eigenvalue weighted by atomic mass is 9.99. The summed E-state index contributed by atoms with van der Waals surface area (Å²) in [4.78, 5) is 0. The van der Waals surface area contributed by atoms with Crippen LogP contribution in [0.25, 0.3) is 0 Å². The second-order valence-corrected chi connectivity index (χ2v) is 4.91. The molecule has 0 saturated heterocycles. The van der Waals surface area contributed by atoms with E-state index in [1.807, 2.05) is 7.05 Å². The fraction of sp³-hybridized carbons (Fsp3) is 0.786. The number of hydrogen-bond acceptors (Lipinski definition) is 2. The Hall–Kier alpha value is -0.830. The monoisotopic (exact) mass is 237 g/mol. The molecular formula is C14H27N3. The van der Waals surface area contributed by atoms with Gasteiger partial charge in [0.1, 0.15) is 0 Å². The highest BCUT2D eigenvalue weighted by atomic mass is 15.3. The first-order chi connectivity index (χ1) is 8.21. The molecule has 1 rings (SSSR count). The molecule has 0 saturated carbocycles. The van der Waals surface area contributed by atoms with Crippen LogP contribution >= 0.6 is 0 Å². The van der Waals surface area contributed by atoms with Gasteiger partial charge in [0.25, 0.3) is 0 Å². The standard InChI is InChI=1S/C14H27N3/c1-5-7-8-13(6-2)10-17-11-14(9-15-4)12(3)16-17/h11,13,15H,5-10H2,1-4H3. The van der Waals surface area contributed by atoms with E-state index in [1.54, 1.807) is 0 Å². The van der Waals surface area contributed by atoms with Gasteiger partial charge in [-0.15, -0.1) is 0 Å². The van der Waals surface area contributed by atoms with E-state index in [9.17, 15) is 0 Å². The number of hydrogen-bond donors (Lipinski definition) is 1. The highest BCUT2D eigenvalue weighted by Gasteiger charge is 2.09. The van der Waals surface area contributed by atoms with Crippen molar-refractivity contribution in [3.8, 4) is 0 Å². The molecule has 0 aromatic carbocycles. The Balaban J connectivity index is 2.56. The summed E-state index contributed by atoms with van der Waals surface area (Å²) in [6.45, 7) is 8.62. The van der Waals surface area contributed by atoms with Crippen molar-refractivity contribution in [2.45, 2.75) is 59.5 Å². The number of nitrogens with zero attached hydrogens (tertiary/aromatic N) is 2. The van der Waals surface area contributed by atoms with Crippen LogP contribution in [0.1, 0.15) is 50.8 Å². The molecule has 0 aliphatic carbocycles. The van der Waals surface area contributed by atoms with E-state index in [2.05, 4.69) is 42.1 Å². The lowest BCUT2D eigenvalue weighted by molar-refractivity contribution is 0.371. The van der Waals surface area contributed by atoms with Gasteiger partial charge in [0.15, 0.2) is 0 Å². The minimum atomic E-state index is 0.775. The third-order valence-corrected chi connectivity index (χ3v) is 3.40. The minimum absolute atomic E-state index is 0.775. The Morgan fingerprint density at radius 2 is 2.18 bits per heavy atom. The molecule has 98 valence electrons. The molecule has 1 aromatic heterocycles. The predicted octanol–water partition coefficient (Wildman–Crippen LogP) is 3.13. The summed E-state index contributed by atoms with van der Waals surface area (Å²) in [7, 11) is 1.98. The van der Waals surface area contributed by atoms with E-state index in [0.717, 1.165) is 24.7 Å². The third kappa shape index (κ3) is 4.50. The van der Waals surface area contributed by atoms with Gasteiger partial charge in [-0.1, -0.05) is 33.1 Å². The average Bonchev–Trinajstić information content (AvgIpc) is 2.66. The van der Waals surface area contributed by atoms with Gasteiger partial charge < -0.3 is 5.32 Å². The van der Waals surface area contributed by atoms with Crippen LogP contribution in [-0.2, 0) is 13.1 Å². The van der Waals surface area contributed by atoms with E-state index in [1.165, 1.54) is 31.2 Å². The second-order valence-electron chi connectivity index (χ2n) is 4.91. The molecule has 1 N–H and O–H groups in total. The van der Waals surface area contributed by atoms with Gasteiger partial charge in [-0.2, -0.15) is 5.10 Å². The van der Waals surface area contributed by atoms with Crippen LogP contribution < -0.4 is 5.32 Å². The molecule has 3 heteroatoms. The number of aryl methyl sites for hydroxylation is 1. The summed E-state index contributed by atoms with van der Waals surface area (Å²) in [6, 6.07) is 0. The Morgan fingerprint density at radius 1 is 1.41 bits per heavy atom. The molecule has 0 spiro atoms. The van der Waals surface area contributed by atoms with Crippen molar-refractivity contribution in [1.29, 1.82) is 0 Å². The van der Waals surface area contributed by atoms with Gasteiger partial charge in [0.05, 0.1) is 5.69 Å². The molecule has 1 atom stereocenters. The zero-order valence-electron chi connectivity index (χ0n) is 11.8. The van der Waals surface area contributed by atoms with Gasteiger partial charge >= 0.3 is 0 Å². The number of aromatic nitrogens is 2. The summed E-state index contributed by atoms with van der Waals surface area (Å²) in [5.41, 5.74) is 2.47. The van der Waals surface area contributed by atoms with Crippen LogP contribution in [0.2, 0.25) is 0 Å². The predicted molar refractivity (Wildman–Crippen MR) is 73.0 cm³/mol. The van der Waals surface area contributed by atoms with Crippen LogP contribution in [0.3, 0.4) is 0 Å². The molecule has 1 unspecified atom stereocenters. The topological polar surface area (TPSA) is 29.9 Å². The van der Waals surface area contributed by atoms with E-state index >= 15 is 0 Å². The smallest absolute Gasteiger partial charge is 0.0638 e. The van der Waals surface area contributed by atoms with Crippen molar-refractivity contribution >= 4 is 0 Å². The van der Waals surface area contributed by atoms with Gasteiger partial charge in [-0.25, -0.2) is 0 Å². The number of unbranched alkanes of at least 4 members (excludes halogenated alkanes) is 1. The number of rotatable bonds is 8. The van der Waals surface area contributed by atoms with Gasteiger partial charge in [-0.3, -0.25) is 4.68 Å². The van der Waals surface area contributed by atoms with Crippen LogP contribution in [0.15, 0.2) is 6.20 Å². The van der Waals surface area contributed by atoms with Crippen LogP contribution in [-0.4, -0.2) is 16.8 Å². The maximum atomic E-state index is 4.60. The second kappa shape index (κ2) is 7.49. The highest BCUT2D eigenvalue weighted by Crippen LogP contribution is 2.16. The largest absolute Gasteiger partial charge is 0.316 e. The van der Waals surface area contributed by atoms with Crippen LogP contribution in [0.5, 0.6) is 0 Å². The van der Waals surface area contributed by atoms with Gasteiger partial charge in [-0.05, 0) is 26.3 Å². The Kier molecular flexibility index (Phi) is 6.27. The Bertz CT molecular complexity index is 317. The first kappa shape index (κ1) is 14.2. The zero-order valence-corrected chi connectivity index (χ0v) is 11.8. The van der Waals surface area contributed by atoms with Crippen molar-refractivity contribution in [1.82, 2.24) is 15.1 Å². The normalized spacial score (nSPS) is 12.9. The van der Waals surface area contributed by atoms with E-state index in [0.29, 0.717) is 0 Å². The van der Waals surface area contributed by atoms with E-state index in [4.69, 9.17) is 0 Å². The minimum Gasteiger partial charge on any atom is -0.316 e. The Morgan fingerprint density at radius 3 is 2.76 bits per heavy atom. The zero-order chi connectivity index (χ0) is 12.7. The fourth-order valence-corrected chi connectivity index (χ4v) is 2.20. The third-order valence-electron chi connectivity index (χ3n) is 3.40. The quantitative estimate of drug-likeness (QED) is 0.753. The van der Waals surface area contributed by atoms with Gasteiger partial charge in [0.2, 0.25) is 0 Å². The molecule has 0 aliphatic heterocycles. The molecule has 0 bridgehead atoms. The number of nitrogens with one attached hydrogen (secondary N) is 1. The summed E-state index contributed by atoms with van der Waals surface area (Å²) >= 11 is 0. The van der Waals surface area contributed by atoms with Crippen molar-refractivity contribution in [2.75, 3.05) is 7.05 Å². The van der Waals surface area contributed by atoms with Gasteiger partial charge in [0, 0.05) is 24.8 Å². The maximum Gasteiger partial charge on any atom is 0.0638 e. The molecule has 0 radical (unpaired) electrons. The van der Waals surface area contributed by atoms with Crippen molar-refractivity contribution < 1.29 is 0 Å². The molecule has 1 heterocycles. The lowest BCUT2D eigenvalue weighted by Crippen LogP contribution is -2.10. The SMILES string of the molecule is CCCCC(CC)Cn1cc(CNC)c(C)n1. The Labute approximate surface area is 106 Å². The molecule has 0 fully saturated rings.